The van der Waals surface area contributed by atoms with Gasteiger partial charge in [0.2, 0.25) is 0 Å². The third kappa shape index (κ3) is 11.5. The van der Waals surface area contributed by atoms with E-state index in [4.69, 9.17) is 23.4 Å². The van der Waals surface area contributed by atoms with Crippen molar-refractivity contribution in [3.63, 3.8) is 0 Å². The average Bonchev–Trinajstić information content (AvgIpc) is 3.28. The molecule has 10 heteroatoms. The van der Waals surface area contributed by atoms with Gasteiger partial charge in [-0.15, -0.1) is 0 Å². The number of carbonyl (C=O) groups excluding carboxylic acids is 4. The van der Waals surface area contributed by atoms with E-state index in [2.05, 4.69) is 0 Å². The standard InChI is InChI=1S/C51H34O10/c52-41-34-43(39-25-26-42(59-48(54)28-22-36-15-7-2-8-16-36)44(31-39)60-49(55)29-23-37-17-9-3-10-18-37)58-45-32-40(57-47(53)27-21-35-13-5-1-6-14-35)33-46(51(41)45)61-50(56)30-24-38-19-11-4-12-20-38/h1-34H/b27-21+,28-22+,29-23+,30-24-. The minimum absolute atomic E-state index is 0.00910. The van der Waals surface area contributed by atoms with Crippen LogP contribution in [0.3, 0.4) is 0 Å². The molecule has 0 aliphatic carbocycles. The van der Waals surface area contributed by atoms with E-state index in [1.807, 2.05) is 97.1 Å². The summed E-state index contributed by atoms with van der Waals surface area (Å²) in [6, 6.07) is 44.4. The van der Waals surface area contributed by atoms with Crippen molar-refractivity contribution in [3.05, 3.63) is 215 Å². The Balaban J connectivity index is 1.23. The third-order valence-electron chi connectivity index (χ3n) is 8.69. The maximum atomic E-state index is 13.9. The molecule has 10 nitrogen and oxygen atoms in total. The number of carbonyl (C=O) groups is 4. The summed E-state index contributed by atoms with van der Waals surface area (Å²) in [7, 11) is 0. The average molecular weight is 807 g/mol. The van der Waals surface area contributed by atoms with E-state index in [-0.39, 0.29) is 45.3 Å². The molecular formula is C51H34O10. The molecule has 1 heterocycles. The van der Waals surface area contributed by atoms with Crippen LogP contribution in [-0.2, 0) is 19.2 Å². The fourth-order valence-corrected chi connectivity index (χ4v) is 5.83. The summed E-state index contributed by atoms with van der Waals surface area (Å²) in [5.41, 5.74) is 2.55. The lowest BCUT2D eigenvalue weighted by Gasteiger charge is -2.12. The molecule has 0 atom stereocenters. The highest BCUT2D eigenvalue weighted by Crippen LogP contribution is 2.36. The first kappa shape index (κ1) is 40.6. The van der Waals surface area contributed by atoms with E-state index in [1.54, 1.807) is 48.6 Å². The summed E-state index contributed by atoms with van der Waals surface area (Å²) in [5.74, 6) is -3.64. The van der Waals surface area contributed by atoms with Gasteiger partial charge in [0.05, 0.1) is 0 Å². The summed E-state index contributed by atoms with van der Waals surface area (Å²) in [4.78, 5) is 65.9. The molecule has 0 aliphatic heterocycles. The van der Waals surface area contributed by atoms with Crippen molar-refractivity contribution in [1.82, 2.24) is 0 Å². The molecule has 0 saturated heterocycles. The highest BCUT2D eigenvalue weighted by molar-refractivity contribution is 5.95. The lowest BCUT2D eigenvalue weighted by atomic mass is 10.1. The Bertz CT molecular complexity index is 2880. The molecule has 0 radical (unpaired) electrons. The van der Waals surface area contributed by atoms with Crippen LogP contribution in [0, 0.1) is 0 Å². The van der Waals surface area contributed by atoms with E-state index in [0.717, 1.165) is 28.3 Å². The van der Waals surface area contributed by atoms with Gasteiger partial charge in [0.25, 0.3) is 0 Å². The third-order valence-corrected chi connectivity index (χ3v) is 8.69. The van der Waals surface area contributed by atoms with E-state index < -0.39 is 29.3 Å². The predicted molar refractivity (Wildman–Crippen MR) is 232 cm³/mol. The predicted octanol–water partition coefficient (Wildman–Crippen LogP) is 9.94. The van der Waals surface area contributed by atoms with Gasteiger partial charge in [0, 0.05) is 48.1 Å². The molecule has 0 N–H and O–H groups in total. The minimum Gasteiger partial charge on any atom is -0.456 e. The van der Waals surface area contributed by atoms with Gasteiger partial charge in [-0.25, -0.2) is 19.2 Å². The molecule has 0 spiro atoms. The fraction of sp³-hybridized carbons (Fsp3) is 0. The van der Waals surface area contributed by atoms with E-state index in [0.29, 0.717) is 0 Å². The molecule has 7 aromatic rings. The van der Waals surface area contributed by atoms with Crippen molar-refractivity contribution in [3.8, 4) is 34.3 Å². The fourth-order valence-electron chi connectivity index (χ4n) is 5.83. The summed E-state index contributed by atoms with van der Waals surface area (Å²) in [5, 5.41) is -0.113. The van der Waals surface area contributed by atoms with Crippen LogP contribution < -0.4 is 24.4 Å². The topological polar surface area (TPSA) is 135 Å². The van der Waals surface area contributed by atoms with Crippen molar-refractivity contribution in [2.75, 3.05) is 0 Å². The van der Waals surface area contributed by atoms with Gasteiger partial charge in [-0.3, -0.25) is 4.79 Å². The number of benzene rings is 6. The molecule has 0 fully saturated rings. The zero-order valence-electron chi connectivity index (χ0n) is 32.2. The smallest absolute Gasteiger partial charge is 0.336 e. The van der Waals surface area contributed by atoms with Crippen molar-refractivity contribution < 1.29 is 42.5 Å². The number of ether oxygens (including phenoxy) is 4. The molecule has 298 valence electrons. The highest BCUT2D eigenvalue weighted by Gasteiger charge is 2.20. The molecule has 0 aliphatic rings. The van der Waals surface area contributed by atoms with E-state index in [9.17, 15) is 24.0 Å². The van der Waals surface area contributed by atoms with Crippen molar-refractivity contribution in [2.24, 2.45) is 0 Å². The Labute approximate surface area is 349 Å². The molecule has 0 saturated carbocycles. The van der Waals surface area contributed by atoms with Crippen LogP contribution in [0.2, 0.25) is 0 Å². The van der Waals surface area contributed by atoms with Crippen LogP contribution in [-0.4, -0.2) is 23.9 Å². The van der Waals surface area contributed by atoms with E-state index in [1.165, 1.54) is 54.6 Å². The normalized spacial score (nSPS) is 11.3. The number of rotatable bonds is 13. The van der Waals surface area contributed by atoms with Gasteiger partial charge >= 0.3 is 23.9 Å². The van der Waals surface area contributed by atoms with Gasteiger partial charge < -0.3 is 23.4 Å². The quantitative estimate of drug-likeness (QED) is 0.0629. The Morgan fingerprint density at radius 3 is 1.28 bits per heavy atom. The van der Waals surface area contributed by atoms with Crippen molar-refractivity contribution >= 4 is 59.2 Å². The maximum Gasteiger partial charge on any atom is 0.336 e. The van der Waals surface area contributed by atoms with Crippen molar-refractivity contribution in [2.45, 2.75) is 0 Å². The zero-order valence-corrected chi connectivity index (χ0v) is 32.2. The van der Waals surface area contributed by atoms with E-state index >= 15 is 0 Å². The number of esters is 4. The summed E-state index contributed by atoms with van der Waals surface area (Å²) in [6.45, 7) is 0. The monoisotopic (exact) mass is 806 g/mol. The maximum absolute atomic E-state index is 13.9. The van der Waals surface area contributed by atoms with Gasteiger partial charge in [-0.1, -0.05) is 121 Å². The Morgan fingerprint density at radius 1 is 0.410 bits per heavy atom. The Morgan fingerprint density at radius 2 is 0.820 bits per heavy atom. The lowest BCUT2D eigenvalue weighted by Crippen LogP contribution is -2.10. The summed E-state index contributed by atoms with van der Waals surface area (Å²) >= 11 is 0. The van der Waals surface area contributed by atoms with Gasteiger partial charge in [-0.05, 0) is 64.8 Å². The summed E-state index contributed by atoms with van der Waals surface area (Å²) in [6.07, 6.45) is 11.1. The van der Waals surface area contributed by atoms with Crippen LogP contribution in [0.25, 0.3) is 46.6 Å². The number of hydrogen-bond donors (Lipinski definition) is 0. The van der Waals surface area contributed by atoms with Gasteiger partial charge in [0.15, 0.2) is 16.9 Å². The van der Waals surface area contributed by atoms with Crippen LogP contribution in [0.1, 0.15) is 22.3 Å². The molecule has 0 bridgehead atoms. The molecule has 0 amide bonds. The molecule has 0 unspecified atom stereocenters. The van der Waals surface area contributed by atoms with Gasteiger partial charge in [0.1, 0.15) is 28.2 Å². The molecule has 6 aromatic carbocycles. The molecule has 1 aromatic heterocycles. The Kier molecular flexibility index (Phi) is 13.1. The number of hydrogen-bond acceptors (Lipinski definition) is 10. The number of fused-ring (bicyclic) bond motifs is 1. The largest absolute Gasteiger partial charge is 0.456 e. The first-order valence-corrected chi connectivity index (χ1v) is 18.8. The zero-order chi connectivity index (χ0) is 42.4. The first-order valence-electron chi connectivity index (χ1n) is 18.8. The molecular weight excluding hydrogens is 773 g/mol. The SMILES string of the molecule is O=C(/C=C\c1ccccc1)Oc1cc(OC(=O)/C=C/c2ccccc2)cc2oc(-c3ccc(OC(=O)/C=C/c4ccccc4)c(OC(=O)/C=C/c4ccccc4)c3)cc(=O)c12. The molecule has 7 rings (SSSR count). The highest BCUT2D eigenvalue weighted by atomic mass is 16.6. The second kappa shape index (κ2) is 19.7. The van der Waals surface area contributed by atoms with Crippen LogP contribution >= 0.6 is 0 Å². The van der Waals surface area contributed by atoms with Crippen LogP contribution in [0.5, 0.6) is 23.0 Å². The van der Waals surface area contributed by atoms with Crippen LogP contribution in [0.4, 0.5) is 0 Å². The lowest BCUT2D eigenvalue weighted by molar-refractivity contribution is -0.131. The second-order valence-corrected chi connectivity index (χ2v) is 13.1. The van der Waals surface area contributed by atoms with Gasteiger partial charge in [-0.2, -0.15) is 0 Å². The molecule has 61 heavy (non-hydrogen) atoms. The van der Waals surface area contributed by atoms with Crippen LogP contribution in [0.15, 0.2) is 191 Å². The first-order chi connectivity index (χ1) is 29.8. The Hall–Kier alpha value is -8.63. The second-order valence-electron chi connectivity index (χ2n) is 13.1. The minimum atomic E-state index is -0.808. The summed E-state index contributed by atoms with van der Waals surface area (Å²) < 4.78 is 28.7. The van der Waals surface area contributed by atoms with Crippen molar-refractivity contribution in [1.29, 1.82) is 0 Å².